The molecule has 0 saturated heterocycles. The lowest BCUT2D eigenvalue weighted by Crippen LogP contribution is -1.96. The zero-order valence-corrected chi connectivity index (χ0v) is 10.8. The molecule has 0 aliphatic carbocycles. The highest BCUT2D eigenvalue weighted by Gasteiger charge is 2.11. The second-order valence-electron chi connectivity index (χ2n) is 4.32. The van der Waals surface area contributed by atoms with Gasteiger partial charge in [-0.05, 0) is 29.8 Å². The summed E-state index contributed by atoms with van der Waals surface area (Å²) >= 11 is 0. The molecule has 2 N–H and O–H groups in total. The lowest BCUT2D eigenvalue weighted by molar-refractivity contribution is 0.419. The molecule has 2 aromatic carbocycles. The fraction of sp³-hybridized carbons (Fsp3) is 0.0667. The summed E-state index contributed by atoms with van der Waals surface area (Å²) in [6, 6.07) is 9.95. The smallest absolute Gasteiger partial charge is 0.146 e. The van der Waals surface area contributed by atoms with Crippen LogP contribution >= 0.6 is 0 Å². The van der Waals surface area contributed by atoms with Crippen LogP contribution in [-0.4, -0.2) is 17.1 Å². The Morgan fingerprint density at radius 3 is 2.75 bits per heavy atom. The van der Waals surface area contributed by atoms with Gasteiger partial charge in [0.2, 0.25) is 0 Å². The Balaban J connectivity index is 2.32. The molecule has 20 heavy (non-hydrogen) atoms. The Labute approximate surface area is 115 Å². The molecule has 0 aliphatic rings. The molecule has 0 fully saturated rings. The molecule has 1 heterocycles. The minimum atomic E-state index is -0.296. The van der Waals surface area contributed by atoms with Crippen molar-refractivity contribution in [2.45, 2.75) is 0 Å². The highest BCUT2D eigenvalue weighted by molar-refractivity contribution is 5.95. The molecule has 3 aromatic rings. The van der Waals surface area contributed by atoms with E-state index in [0.717, 1.165) is 11.1 Å². The van der Waals surface area contributed by atoms with Crippen molar-refractivity contribution in [1.82, 2.24) is 9.97 Å². The van der Waals surface area contributed by atoms with Crippen LogP contribution in [-0.2, 0) is 0 Å². The minimum absolute atomic E-state index is 0.296. The second kappa shape index (κ2) is 4.77. The molecule has 3 rings (SSSR count). The summed E-state index contributed by atoms with van der Waals surface area (Å²) in [5.41, 5.74) is 8.38. The summed E-state index contributed by atoms with van der Waals surface area (Å²) in [4.78, 5) is 8.56. The number of hydrogen-bond acceptors (Lipinski definition) is 4. The van der Waals surface area contributed by atoms with Gasteiger partial charge in [-0.25, -0.2) is 14.4 Å². The Morgan fingerprint density at radius 1 is 1.15 bits per heavy atom. The van der Waals surface area contributed by atoms with Crippen molar-refractivity contribution in [3.8, 4) is 16.9 Å². The van der Waals surface area contributed by atoms with Crippen LogP contribution in [0.1, 0.15) is 0 Å². The number of aromatic nitrogens is 2. The lowest BCUT2D eigenvalue weighted by atomic mass is 10.0. The first kappa shape index (κ1) is 12.3. The number of rotatable bonds is 2. The van der Waals surface area contributed by atoms with Gasteiger partial charge in [-0.2, -0.15) is 0 Å². The van der Waals surface area contributed by atoms with Crippen LogP contribution in [0.2, 0.25) is 0 Å². The number of nitrogens with zero attached hydrogens (tertiary/aromatic N) is 2. The maximum absolute atomic E-state index is 13.4. The Kier molecular flexibility index (Phi) is 2.95. The molecule has 0 amide bonds. The van der Waals surface area contributed by atoms with Crippen LogP contribution in [0.15, 0.2) is 42.6 Å². The van der Waals surface area contributed by atoms with Crippen molar-refractivity contribution in [2.24, 2.45) is 0 Å². The second-order valence-corrected chi connectivity index (χ2v) is 4.32. The first-order valence-electron chi connectivity index (χ1n) is 6.04. The van der Waals surface area contributed by atoms with Gasteiger partial charge < -0.3 is 10.5 Å². The van der Waals surface area contributed by atoms with Gasteiger partial charge in [-0.1, -0.05) is 12.1 Å². The first-order valence-corrected chi connectivity index (χ1v) is 6.04. The SMILES string of the molecule is COc1ccc(-c2cccc(F)c2)c2ncc(N)nc12. The molecule has 0 radical (unpaired) electrons. The largest absolute Gasteiger partial charge is 0.494 e. The van der Waals surface area contributed by atoms with Crippen LogP contribution in [0, 0.1) is 5.82 Å². The third-order valence-electron chi connectivity index (χ3n) is 3.04. The van der Waals surface area contributed by atoms with Gasteiger partial charge in [-0.3, -0.25) is 0 Å². The normalized spacial score (nSPS) is 10.7. The van der Waals surface area contributed by atoms with E-state index in [1.165, 1.54) is 18.3 Å². The highest BCUT2D eigenvalue weighted by atomic mass is 19.1. The third-order valence-corrected chi connectivity index (χ3v) is 3.04. The van der Waals surface area contributed by atoms with Crippen LogP contribution in [0.25, 0.3) is 22.2 Å². The number of anilines is 1. The quantitative estimate of drug-likeness (QED) is 0.776. The van der Waals surface area contributed by atoms with Crippen LogP contribution in [0.3, 0.4) is 0 Å². The van der Waals surface area contributed by atoms with E-state index in [1.54, 1.807) is 19.2 Å². The average Bonchev–Trinajstić information content (AvgIpc) is 2.46. The van der Waals surface area contributed by atoms with E-state index in [-0.39, 0.29) is 5.82 Å². The van der Waals surface area contributed by atoms with Crippen molar-refractivity contribution >= 4 is 16.9 Å². The van der Waals surface area contributed by atoms with Gasteiger partial charge in [0.1, 0.15) is 28.4 Å². The average molecular weight is 269 g/mol. The fourth-order valence-corrected chi connectivity index (χ4v) is 2.14. The monoisotopic (exact) mass is 269 g/mol. The molecule has 0 saturated carbocycles. The number of nitrogen functional groups attached to an aromatic ring is 1. The Morgan fingerprint density at radius 2 is 2.00 bits per heavy atom. The van der Waals surface area contributed by atoms with E-state index in [9.17, 15) is 4.39 Å². The lowest BCUT2D eigenvalue weighted by Gasteiger charge is -2.09. The van der Waals surface area contributed by atoms with Gasteiger partial charge in [0.05, 0.1) is 13.3 Å². The van der Waals surface area contributed by atoms with Crippen molar-refractivity contribution < 1.29 is 9.13 Å². The topological polar surface area (TPSA) is 61.0 Å². The minimum Gasteiger partial charge on any atom is -0.494 e. The molecule has 5 heteroatoms. The first-order chi connectivity index (χ1) is 9.69. The standard InChI is InChI=1S/C15H12FN3O/c1-20-12-6-5-11(9-3-2-4-10(16)7-9)14-15(12)19-13(17)8-18-14/h2-8H,1H3,(H2,17,19). The van der Waals surface area contributed by atoms with Gasteiger partial charge >= 0.3 is 0 Å². The van der Waals surface area contributed by atoms with Gasteiger partial charge in [0.25, 0.3) is 0 Å². The molecule has 0 atom stereocenters. The third kappa shape index (κ3) is 2.03. The number of benzene rings is 2. The zero-order chi connectivity index (χ0) is 14.1. The summed E-state index contributed by atoms with van der Waals surface area (Å²) in [7, 11) is 1.56. The highest BCUT2D eigenvalue weighted by Crippen LogP contribution is 2.32. The van der Waals surface area contributed by atoms with E-state index < -0.39 is 0 Å². The van der Waals surface area contributed by atoms with Crippen LogP contribution in [0.4, 0.5) is 10.2 Å². The number of methoxy groups -OCH3 is 1. The van der Waals surface area contributed by atoms with Crippen molar-refractivity contribution in [3.05, 3.63) is 48.4 Å². The molecule has 0 bridgehead atoms. The van der Waals surface area contributed by atoms with Crippen LogP contribution < -0.4 is 10.5 Å². The van der Waals surface area contributed by atoms with E-state index in [4.69, 9.17) is 10.5 Å². The molecule has 0 unspecified atom stereocenters. The van der Waals surface area contributed by atoms with Crippen LogP contribution in [0.5, 0.6) is 5.75 Å². The summed E-state index contributed by atoms with van der Waals surface area (Å²) < 4.78 is 18.6. The van der Waals surface area contributed by atoms with Crippen molar-refractivity contribution in [2.75, 3.05) is 12.8 Å². The van der Waals surface area contributed by atoms with Crippen molar-refractivity contribution in [1.29, 1.82) is 0 Å². The predicted molar refractivity (Wildman–Crippen MR) is 75.9 cm³/mol. The van der Waals surface area contributed by atoms with E-state index in [2.05, 4.69) is 9.97 Å². The number of hydrogen-bond donors (Lipinski definition) is 1. The Hall–Kier alpha value is -2.69. The maximum atomic E-state index is 13.4. The van der Waals surface area contributed by atoms with E-state index in [0.29, 0.717) is 22.6 Å². The molecular weight excluding hydrogens is 257 g/mol. The number of nitrogens with two attached hydrogens (primary N) is 1. The Bertz CT molecular complexity index is 789. The summed E-state index contributed by atoms with van der Waals surface area (Å²) in [5.74, 6) is 0.599. The zero-order valence-electron chi connectivity index (χ0n) is 10.8. The molecule has 0 aliphatic heterocycles. The predicted octanol–water partition coefficient (Wildman–Crippen LogP) is 3.03. The van der Waals surface area contributed by atoms with Crippen molar-refractivity contribution in [3.63, 3.8) is 0 Å². The number of fused-ring (bicyclic) bond motifs is 1. The number of ether oxygens (including phenoxy) is 1. The van der Waals surface area contributed by atoms with E-state index >= 15 is 0 Å². The maximum Gasteiger partial charge on any atom is 0.146 e. The number of halogens is 1. The van der Waals surface area contributed by atoms with E-state index in [1.807, 2.05) is 12.1 Å². The summed E-state index contributed by atoms with van der Waals surface area (Å²) in [6.45, 7) is 0. The molecule has 100 valence electrons. The molecular formula is C15H12FN3O. The summed E-state index contributed by atoms with van der Waals surface area (Å²) in [5, 5.41) is 0. The van der Waals surface area contributed by atoms with Gasteiger partial charge in [0, 0.05) is 5.56 Å². The van der Waals surface area contributed by atoms with Gasteiger partial charge in [0.15, 0.2) is 0 Å². The summed E-state index contributed by atoms with van der Waals surface area (Å²) in [6.07, 6.45) is 1.48. The molecule has 0 spiro atoms. The fourth-order valence-electron chi connectivity index (χ4n) is 2.14. The molecule has 4 nitrogen and oxygen atoms in total. The van der Waals surface area contributed by atoms with Gasteiger partial charge in [-0.15, -0.1) is 0 Å². The molecule has 1 aromatic heterocycles.